The largest absolute Gasteiger partial charge is 0.325 e. The summed E-state index contributed by atoms with van der Waals surface area (Å²) < 4.78 is 2.16. The van der Waals surface area contributed by atoms with Crippen molar-refractivity contribution < 1.29 is 9.59 Å². The molecule has 4 rings (SSSR count). The summed E-state index contributed by atoms with van der Waals surface area (Å²) in [5.74, 6) is -0.180. The molecule has 0 saturated heterocycles. The Morgan fingerprint density at radius 1 is 1.10 bits per heavy atom. The van der Waals surface area contributed by atoms with Crippen molar-refractivity contribution in [2.45, 2.75) is 44.1 Å². The second kappa shape index (κ2) is 8.85. The van der Waals surface area contributed by atoms with Crippen LogP contribution in [0.3, 0.4) is 0 Å². The van der Waals surface area contributed by atoms with Crippen molar-refractivity contribution in [1.82, 2.24) is 19.7 Å². The number of nitrogens with zero attached hydrogens (tertiary/aromatic N) is 4. The van der Waals surface area contributed by atoms with Crippen LogP contribution in [-0.4, -0.2) is 36.7 Å². The van der Waals surface area contributed by atoms with E-state index >= 15 is 0 Å². The van der Waals surface area contributed by atoms with E-state index in [0.29, 0.717) is 16.4 Å². The Kier molecular flexibility index (Phi) is 5.99. The molecule has 7 nitrogen and oxygen atoms in total. The van der Waals surface area contributed by atoms with Gasteiger partial charge in [-0.2, -0.15) is 0 Å². The van der Waals surface area contributed by atoms with Gasteiger partial charge in [-0.15, -0.1) is 10.2 Å². The monoisotopic (exact) mass is 433 g/mol. The van der Waals surface area contributed by atoms with E-state index in [1.165, 1.54) is 18.7 Å². The van der Waals surface area contributed by atoms with Crippen molar-refractivity contribution in [3.05, 3.63) is 54.1 Å². The standard InChI is InChI=1S/C23H23N5O2S/c1-4-13-28-19-8-6-5-7-18(19)20-21(28)25-23(27-26-20)31-15(3)22(30)24-17-11-9-16(10-12-17)14(2)29/h5-12,15H,4,13H2,1-3H3,(H,24,30)/t15-/m1/s1. The fourth-order valence-corrected chi connectivity index (χ4v) is 4.14. The van der Waals surface area contributed by atoms with Gasteiger partial charge in [0.25, 0.3) is 0 Å². The van der Waals surface area contributed by atoms with E-state index in [2.05, 4.69) is 33.1 Å². The van der Waals surface area contributed by atoms with Crippen LogP contribution in [0.1, 0.15) is 37.6 Å². The number of benzene rings is 2. The molecule has 1 atom stereocenters. The molecule has 0 aliphatic rings. The highest BCUT2D eigenvalue weighted by molar-refractivity contribution is 8.00. The van der Waals surface area contributed by atoms with Gasteiger partial charge in [-0.05, 0) is 50.6 Å². The zero-order chi connectivity index (χ0) is 22.0. The Hall–Kier alpha value is -3.26. The summed E-state index contributed by atoms with van der Waals surface area (Å²) in [7, 11) is 0. The number of anilines is 1. The number of aryl methyl sites for hydroxylation is 1. The molecule has 0 saturated carbocycles. The van der Waals surface area contributed by atoms with Gasteiger partial charge in [-0.25, -0.2) is 4.98 Å². The molecule has 0 unspecified atom stereocenters. The highest BCUT2D eigenvalue weighted by atomic mass is 32.2. The maximum Gasteiger partial charge on any atom is 0.237 e. The molecular weight excluding hydrogens is 410 g/mol. The second-order valence-electron chi connectivity index (χ2n) is 7.32. The van der Waals surface area contributed by atoms with Gasteiger partial charge in [0, 0.05) is 23.2 Å². The van der Waals surface area contributed by atoms with Gasteiger partial charge >= 0.3 is 0 Å². The van der Waals surface area contributed by atoms with Gasteiger partial charge in [-0.1, -0.05) is 36.9 Å². The lowest BCUT2D eigenvalue weighted by Crippen LogP contribution is -2.22. The van der Waals surface area contributed by atoms with E-state index in [-0.39, 0.29) is 11.7 Å². The summed E-state index contributed by atoms with van der Waals surface area (Å²) in [5, 5.41) is 12.6. The van der Waals surface area contributed by atoms with Crippen LogP contribution in [0.2, 0.25) is 0 Å². The van der Waals surface area contributed by atoms with E-state index in [4.69, 9.17) is 4.98 Å². The predicted molar refractivity (Wildman–Crippen MR) is 124 cm³/mol. The maximum absolute atomic E-state index is 12.6. The lowest BCUT2D eigenvalue weighted by atomic mass is 10.1. The Balaban J connectivity index is 1.54. The highest BCUT2D eigenvalue weighted by Crippen LogP contribution is 2.28. The summed E-state index contributed by atoms with van der Waals surface area (Å²) in [6.45, 7) is 6.27. The number of hydrogen-bond donors (Lipinski definition) is 1. The fraction of sp³-hybridized carbons (Fsp3) is 0.261. The summed E-state index contributed by atoms with van der Waals surface area (Å²) in [4.78, 5) is 28.7. The first-order valence-electron chi connectivity index (χ1n) is 10.2. The number of hydrogen-bond acceptors (Lipinski definition) is 6. The first-order valence-corrected chi connectivity index (χ1v) is 11.1. The summed E-state index contributed by atoms with van der Waals surface area (Å²) in [6, 6.07) is 14.9. The number of ketones is 1. The molecule has 0 fully saturated rings. The molecule has 0 aliphatic carbocycles. The number of para-hydroxylation sites is 1. The number of amides is 1. The smallest absolute Gasteiger partial charge is 0.237 e. The van der Waals surface area contributed by atoms with Crippen LogP contribution in [0.5, 0.6) is 0 Å². The quantitative estimate of drug-likeness (QED) is 0.335. The number of nitrogens with one attached hydrogen (secondary N) is 1. The Morgan fingerprint density at radius 2 is 1.84 bits per heavy atom. The van der Waals surface area contributed by atoms with Crippen LogP contribution >= 0.6 is 11.8 Å². The molecule has 4 aromatic rings. The lowest BCUT2D eigenvalue weighted by molar-refractivity contribution is -0.115. The van der Waals surface area contributed by atoms with E-state index in [1.807, 2.05) is 18.2 Å². The molecule has 158 valence electrons. The summed E-state index contributed by atoms with van der Waals surface area (Å²) in [5.41, 5.74) is 3.89. The van der Waals surface area contributed by atoms with E-state index < -0.39 is 5.25 Å². The van der Waals surface area contributed by atoms with Crippen LogP contribution < -0.4 is 5.32 Å². The lowest BCUT2D eigenvalue weighted by Gasteiger charge is -2.11. The van der Waals surface area contributed by atoms with Crippen LogP contribution in [0.4, 0.5) is 5.69 Å². The molecule has 2 aromatic heterocycles. The van der Waals surface area contributed by atoms with Gasteiger partial charge in [-0.3, -0.25) is 9.59 Å². The zero-order valence-electron chi connectivity index (χ0n) is 17.6. The first-order chi connectivity index (χ1) is 15.0. The summed E-state index contributed by atoms with van der Waals surface area (Å²) >= 11 is 1.27. The third kappa shape index (κ3) is 4.29. The SMILES string of the molecule is CCCn1c2ccccc2c2nnc(S[C@H](C)C(=O)Nc3ccc(C(C)=O)cc3)nc21. The van der Waals surface area contributed by atoms with Crippen molar-refractivity contribution in [1.29, 1.82) is 0 Å². The van der Waals surface area contributed by atoms with Gasteiger partial charge in [0.05, 0.1) is 10.8 Å². The number of fused-ring (bicyclic) bond motifs is 3. The zero-order valence-corrected chi connectivity index (χ0v) is 18.4. The average molecular weight is 434 g/mol. The molecular formula is C23H23N5O2S. The fourth-order valence-electron chi connectivity index (χ4n) is 3.43. The Bertz CT molecular complexity index is 1270. The molecule has 0 radical (unpaired) electrons. The third-order valence-corrected chi connectivity index (χ3v) is 5.96. The number of carbonyl (C=O) groups is 2. The molecule has 1 amide bonds. The number of thioether (sulfide) groups is 1. The minimum absolute atomic E-state index is 0.0117. The van der Waals surface area contributed by atoms with Gasteiger partial charge in [0.2, 0.25) is 11.1 Å². The van der Waals surface area contributed by atoms with Crippen molar-refractivity contribution in [2.24, 2.45) is 0 Å². The Labute approximate surface area is 184 Å². The number of Topliss-reactive ketones (excluding diaryl/α,β-unsaturated/α-hetero) is 1. The van der Waals surface area contributed by atoms with Crippen molar-refractivity contribution in [3.63, 3.8) is 0 Å². The summed E-state index contributed by atoms with van der Waals surface area (Å²) in [6.07, 6.45) is 0.974. The normalized spacial score (nSPS) is 12.2. The van der Waals surface area contributed by atoms with E-state index in [9.17, 15) is 9.59 Å². The van der Waals surface area contributed by atoms with E-state index in [0.717, 1.165) is 35.0 Å². The number of carbonyl (C=O) groups excluding carboxylic acids is 2. The average Bonchev–Trinajstić information content (AvgIpc) is 3.07. The number of aromatic nitrogens is 4. The molecule has 31 heavy (non-hydrogen) atoms. The van der Waals surface area contributed by atoms with Crippen molar-refractivity contribution >= 4 is 51.2 Å². The third-order valence-electron chi connectivity index (χ3n) is 5.01. The minimum atomic E-state index is -0.421. The van der Waals surface area contributed by atoms with E-state index in [1.54, 1.807) is 31.2 Å². The van der Waals surface area contributed by atoms with Gasteiger partial charge < -0.3 is 9.88 Å². The molecule has 8 heteroatoms. The predicted octanol–water partition coefficient (Wildman–Crippen LogP) is 4.71. The Morgan fingerprint density at radius 3 is 2.55 bits per heavy atom. The molecule has 0 spiro atoms. The van der Waals surface area contributed by atoms with Gasteiger partial charge in [0.15, 0.2) is 11.4 Å². The van der Waals surface area contributed by atoms with Crippen LogP contribution in [0.15, 0.2) is 53.7 Å². The molecule has 0 bridgehead atoms. The highest BCUT2D eigenvalue weighted by Gasteiger charge is 2.19. The molecule has 0 aliphatic heterocycles. The molecule has 2 heterocycles. The minimum Gasteiger partial charge on any atom is -0.325 e. The molecule has 1 N–H and O–H groups in total. The van der Waals surface area contributed by atoms with Crippen molar-refractivity contribution in [2.75, 3.05) is 5.32 Å². The van der Waals surface area contributed by atoms with Crippen LogP contribution in [0.25, 0.3) is 22.1 Å². The van der Waals surface area contributed by atoms with Gasteiger partial charge in [0.1, 0.15) is 5.52 Å². The second-order valence-corrected chi connectivity index (χ2v) is 8.63. The van der Waals surface area contributed by atoms with Crippen LogP contribution in [-0.2, 0) is 11.3 Å². The first kappa shape index (κ1) is 21.0. The topological polar surface area (TPSA) is 89.8 Å². The van der Waals surface area contributed by atoms with Crippen LogP contribution in [0, 0.1) is 0 Å². The van der Waals surface area contributed by atoms with Crippen molar-refractivity contribution in [3.8, 4) is 0 Å². The number of rotatable bonds is 7. The molecule has 2 aromatic carbocycles. The maximum atomic E-state index is 12.6.